The second kappa shape index (κ2) is 6.09. The number of hydrogen-bond acceptors (Lipinski definition) is 2. The van der Waals surface area contributed by atoms with Gasteiger partial charge in [0.15, 0.2) is 0 Å². The normalized spacial score (nSPS) is 23.3. The molecule has 0 amide bonds. The molecule has 0 aromatic heterocycles. The van der Waals surface area contributed by atoms with Crippen LogP contribution in [-0.2, 0) is 4.79 Å². The van der Waals surface area contributed by atoms with E-state index in [-0.39, 0.29) is 12.0 Å². The first kappa shape index (κ1) is 13.9. The van der Waals surface area contributed by atoms with Crippen molar-refractivity contribution in [2.75, 3.05) is 0 Å². The molecule has 0 radical (unpaired) electrons. The number of hydrogen-bond donors (Lipinski definition) is 1. The van der Waals surface area contributed by atoms with Crippen molar-refractivity contribution in [1.29, 1.82) is 0 Å². The van der Waals surface area contributed by atoms with Gasteiger partial charge >= 0.3 is 5.97 Å². The zero-order valence-electron chi connectivity index (χ0n) is 11.6. The topological polar surface area (TPSA) is 46.5 Å². The minimum absolute atomic E-state index is 0.186. The third-order valence-electron chi connectivity index (χ3n) is 3.83. The number of carboxylic acids is 1. The third-order valence-corrected chi connectivity index (χ3v) is 3.83. The zero-order chi connectivity index (χ0) is 13.8. The second-order valence-electron chi connectivity index (χ2n) is 5.61. The van der Waals surface area contributed by atoms with E-state index in [1.165, 1.54) is 5.56 Å². The van der Waals surface area contributed by atoms with Crippen LogP contribution in [-0.4, -0.2) is 17.2 Å². The lowest BCUT2D eigenvalue weighted by Crippen LogP contribution is -2.35. The highest BCUT2D eigenvalue weighted by atomic mass is 16.5. The standard InChI is InChI=1S/C16H22O3/c1-11(2)12-6-5-7-13(10-12)19-15-9-4-3-8-14(15)16(17)18/h5-7,10-11,14-15H,3-4,8-9H2,1-2H3,(H,17,18). The van der Waals surface area contributed by atoms with Gasteiger partial charge in [-0.2, -0.15) is 0 Å². The van der Waals surface area contributed by atoms with Gasteiger partial charge in [0.25, 0.3) is 0 Å². The Kier molecular flexibility index (Phi) is 4.46. The molecule has 0 heterocycles. The molecular weight excluding hydrogens is 240 g/mol. The van der Waals surface area contributed by atoms with Crippen LogP contribution in [0.4, 0.5) is 0 Å². The first-order valence-electron chi connectivity index (χ1n) is 7.07. The molecule has 1 N–H and O–H groups in total. The minimum atomic E-state index is -0.732. The van der Waals surface area contributed by atoms with E-state index in [2.05, 4.69) is 19.9 Å². The quantitative estimate of drug-likeness (QED) is 0.897. The monoisotopic (exact) mass is 262 g/mol. The second-order valence-corrected chi connectivity index (χ2v) is 5.61. The minimum Gasteiger partial charge on any atom is -0.490 e. The van der Waals surface area contributed by atoms with Crippen molar-refractivity contribution in [3.8, 4) is 5.75 Å². The van der Waals surface area contributed by atoms with Crippen molar-refractivity contribution in [2.45, 2.75) is 51.6 Å². The molecular formula is C16H22O3. The number of carboxylic acid groups (broad SMARTS) is 1. The lowest BCUT2D eigenvalue weighted by atomic mass is 9.86. The fraction of sp³-hybridized carbons (Fsp3) is 0.562. The Labute approximate surface area is 114 Å². The van der Waals surface area contributed by atoms with E-state index in [1.54, 1.807) is 0 Å². The Morgan fingerprint density at radius 2 is 2.05 bits per heavy atom. The summed E-state index contributed by atoms with van der Waals surface area (Å²) in [6, 6.07) is 7.99. The van der Waals surface area contributed by atoms with E-state index >= 15 is 0 Å². The first-order chi connectivity index (χ1) is 9.08. The smallest absolute Gasteiger partial charge is 0.310 e. The highest BCUT2D eigenvalue weighted by Gasteiger charge is 2.32. The molecule has 1 aliphatic carbocycles. The number of aliphatic carboxylic acids is 1. The van der Waals surface area contributed by atoms with Gasteiger partial charge in [0.2, 0.25) is 0 Å². The van der Waals surface area contributed by atoms with Gasteiger partial charge < -0.3 is 9.84 Å². The molecule has 0 bridgehead atoms. The van der Waals surface area contributed by atoms with Crippen LogP contribution in [0.2, 0.25) is 0 Å². The molecule has 2 atom stereocenters. The van der Waals surface area contributed by atoms with Gasteiger partial charge in [-0.15, -0.1) is 0 Å². The van der Waals surface area contributed by atoms with E-state index in [4.69, 9.17) is 4.74 Å². The van der Waals surface area contributed by atoms with E-state index < -0.39 is 5.97 Å². The van der Waals surface area contributed by atoms with E-state index in [0.717, 1.165) is 31.4 Å². The molecule has 0 aliphatic heterocycles. The fourth-order valence-electron chi connectivity index (χ4n) is 2.64. The van der Waals surface area contributed by atoms with Crippen LogP contribution in [0.3, 0.4) is 0 Å². The van der Waals surface area contributed by atoms with Crippen molar-refractivity contribution in [1.82, 2.24) is 0 Å². The van der Waals surface area contributed by atoms with Crippen molar-refractivity contribution < 1.29 is 14.6 Å². The molecule has 19 heavy (non-hydrogen) atoms. The zero-order valence-corrected chi connectivity index (χ0v) is 11.6. The van der Waals surface area contributed by atoms with Crippen molar-refractivity contribution in [3.63, 3.8) is 0 Å². The van der Waals surface area contributed by atoms with Crippen LogP contribution < -0.4 is 4.74 Å². The molecule has 1 aliphatic rings. The Morgan fingerprint density at radius 3 is 2.74 bits per heavy atom. The van der Waals surface area contributed by atoms with Crippen LogP contribution in [0.25, 0.3) is 0 Å². The summed E-state index contributed by atoms with van der Waals surface area (Å²) in [5.74, 6) is 0.149. The molecule has 3 nitrogen and oxygen atoms in total. The molecule has 1 aromatic carbocycles. The number of carbonyl (C=O) groups is 1. The Morgan fingerprint density at radius 1 is 1.32 bits per heavy atom. The maximum Gasteiger partial charge on any atom is 0.310 e. The van der Waals surface area contributed by atoms with Crippen molar-refractivity contribution >= 4 is 5.97 Å². The Hall–Kier alpha value is -1.51. The highest BCUT2D eigenvalue weighted by Crippen LogP contribution is 2.29. The van der Waals surface area contributed by atoms with Crippen LogP contribution in [0, 0.1) is 5.92 Å². The highest BCUT2D eigenvalue weighted by molar-refractivity contribution is 5.70. The van der Waals surface area contributed by atoms with Gasteiger partial charge in [0.05, 0.1) is 5.92 Å². The predicted octanol–water partition coefficient (Wildman–Crippen LogP) is 3.83. The van der Waals surface area contributed by atoms with E-state index in [0.29, 0.717) is 5.92 Å². The summed E-state index contributed by atoms with van der Waals surface area (Å²) >= 11 is 0. The average Bonchev–Trinajstić information content (AvgIpc) is 2.39. The summed E-state index contributed by atoms with van der Waals surface area (Å²) in [4.78, 5) is 11.3. The summed E-state index contributed by atoms with van der Waals surface area (Å²) in [6.45, 7) is 4.28. The molecule has 3 heteroatoms. The molecule has 2 rings (SSSR count). The van der Waals surface area contributed by atoms with Gasteiger partial charge in [0.1, 0.15) is 11.9 Å². The lowest BCUT2D eigenvalue weighted by molar-refractivity contribution is -0.146. The number of ether oxygens (including phenoxy) is 1. The Bertz CT molecular complexity index is 439. The predicted molar refractivity (Wildman–Crippen MR) is 74.5 cm³/mol. The van der Waals surface area contributed by atoms with Crippen molar-refractivity contribution in [2.24, 2.45) is 5.92 Å². The maximum atomic E-state index is 11.3. The van der Waals surface area contributed by atoms with Gasteiger partial charge in [-0.25, -0.2) is 0 Å². The van der Waals surface area contributed by atoms with Gasteiger partial charge in [-0.3, -0.25) is 4.79 Å². The van der Waals surface area contributed by atoms with Crippen molar-refractivity contribution in [3.05, 3.63) is 29.8 Å². The number of rotatable bonds is 4. The summed E-state index contributed by atoms with van der Waals surface area (Å²) in [5.41, 5.74) is 1.22. The van der Waals surface area contributed by atoms with E-state index in [9.17, 15) is 9.90 Å². The molecule has 104 valence electrons. The maximum absolute atomic E-state index is 11.3. The van der Waals surface area contributed by atoms with Gasteiger partial charge in [-0.05, 0) is 42.9 Å². The first-order valence-corrected chi connectivity index (χ1v) is 7.07. The molecule has 0 saturated heterocycles. The van der Waals surface area contributed by atoms with Gasteiger partial charge in [-0.1, -0.05) is 32.4 Å². The summed E-state index contributed by atoms with van der Waals surface area (Å²) in [5, 5.41) is 9.25. The Balaban J connectivity index is 2.10. The SMILES string of the molecule is CC(C)c1cccc(OC2CCCCC2C(=O)O)c1. The molecule has 1 aromatic rings. The van der Waals surface area contributed by atoms with Crippen LogP contribution in [0.1, 0.15) is 51.0 Å². The van der Waals surface area contributed by atoms with Crippen LogP contribution in [0.15, 0.2) is 24.3 Å². The summed E-state index contributed by atoms with van der Waals surface area (Å²) < 4.78 is 5.94. The molecule has 1 saturated carbocycles. The summed E-state index contributed by atoms with van der Waals surface area (Å²) in [7, 11) is 0. The van der Waals surface area contributed by atoms with Crippen LogP contribution in [0.5, 0.6) is 5.75 Å². The van der Waals surface area contributed by atoms with Crippen LogP contribution >= 0.6 is 0 Å². The van der Waals surface area contributed by atoms with E-state index in [1.807, 2.05) is 18.2 Å². The fourth-order valence-corrected chi connectivity index (χ4v) is 2.64. The number of benzene rings is 1. The molecule has 1 fully saturated rings. The summed E-state index contributed by atoms with van der Waals surface area (Å²) in [6.07, 6.45) is 3.42. The largest absolute Gasteiger partial charge is 0.490 e. The average molecular weight is 262 g/mol. The lowest BCUT2D eigenvalue weighted by Gasteiger charge is -2.29. The van der Waals surface area contributed by atoms with Gasteiger partial charge in [0, 0.05) is 0 Å². The molecule has 0 spiro atoms. The molecule has 2 unspecified atom stereocenters. The third kappa shape index (κ3) is 3.49.